The van der Waals surface area contributed by atoms with E-state index >= 15 is 0 Å². The summed E-state index contributed by atoms with van der Waals surface area (Å²) in [5, 5.41) is 31.2. The molecular weight excluding hydrogens is 747 g/mol. The highest BCUT2D eigenvalue weighted by molar-refractivity contribution is 7.46. The van der Waals surface area contributed by atoms with Crippen molar-refractivity contribution in [1.82, 2.24) is 0 Å². The van der Waals surface area contributed by atoms with Gasteiger partial charge in [0, 0.05) is 25.2 Å². The van der Waals surface area contributed by atoms with Gasteiger partial charge in [-0.2, -0.15) is 0 Å². The first-order valence-electron chi connectivity index (χ1n) is 22.9. The number of phosphoric ester groups is 1. The zero-order valence-corrected chi connectivity index (χ0v) is 36.7. The number of carbonyl (C=O) groups excluding carboxylic acids is 2. The highest BCUT2D eigenvalue weighted by Gasteiger charge is 2.39. The van der Waals surface area contributed by atoms with E-state index in [0.717, 1.165) is 38.5 Å². The maximum Gasteiger partial charge on any atom is 0.469 e. The molecule has 0 heterocycles. The maximum absolute atomic E-state index is 12.5. The van der Waals surface area contributed by atoms with Crippen molar-refractivity contribution in [2.75, 3.05) is 13.2 Å². The molecule has 1 saturated carbocycles. The van der Waals surface area contributed by atoms with E-state index in [1.807, 2.05) is 18.2 Å². The number of phosphoric acid groups is 1. The summed E-state index contributed by atoms with van der Waals surface area (Å²) < 4.78 is 26.4. The molecule has 0 aromatic rings. The molecule has 5 N–H and O–H groups in total. The molecule has 1 rings (SSSR count). The minimum absolute atomic E-state index is 0.0930. The summed E-state index contributed by atoms with van der Waals surface area (Å²) >= 11 is 0. The number of hydrogen-bond acceptors (Lipinski definition) is 9. The smallest absolute Gasteiger partial charge is 0.462 e. The number of aliphatic hydroxyl groups is 3. The van der Waals surface area contributed by atoms with E-state index in [2.05, 4.69) is 18.4 Å². The Labute approximate surface area is 346 Å². The summed E-state index contributed by atoms with van der Waals surface area (Å²) in [4.78, 5) is 43.1. The monoisotopic (exact) mass is 831 g/mol. The van der Waals surface area contributed by atoms with Crippen LogP contribution >= 0.6 is 7.82 Å². The van der Waals surface area contributed by atoms with Crippen LogP contribution in [0.3, 0.4) is 0 Å². The first-order chi connectivity index (χ1) is 27.5. The van der Waals surface area contributed by atoms with Crippen molar-refractivity contribution in [3.8, 4) is 0 Å². The van der Waals surface area contributed by atoms with Gasteiger partial charge < -0.3 is 34.6 Å². The van der Waals surface area contributed by atoms with E-state index in [1.54, 1.807) is 6.08 Å². The number of hydrogen-bond donors (Lipinski definition) is 5. The highest BCUT2D eigenvalue weighted by atomic mass is 31.2. The second-order valence-electron chi connectivity index (χ2n) is 16.4. The van der Waals surface area contributed by atoms with Gasteiger partial charge in [-0.25, -0.2) is 4.57 Å². The van der Waals surface area contributed by atoms with Gasteiger partial charge in [0.2, 0.25) is 0 Å². The minimum Gasteiger partial charge on any atom is -0.462 e. The first kappa shape index (κ1) is 53.4. The molecule has 0 spiro atoms. The van der Waals surface area contributed by atoms with Gasteiger partial charge in [0.05, 0.1) is 24.9 Å². The second kappa shape index (κ2) is 35.2. The largest absolute Gasteiger partial charge is 0.469 e. The number of unbranched alkanes of at least 4 members (excludes halogenated alkanes) is 21. The lowest BCUT2D eigenvalue weighted by Crippen LogP contribution is -2.29. The molecule has 0 bridgehead atoms. The number of carbonyl (C=O) groups is 2. The SMILES string of the molecule is CCCCCCCCCCCCCCCCCCCCCC(=O)O[C@H](COC(=O)CCC/C=C/C[C@@H]1[C@@H](/C=C/[C@@H](O)CCCCC)[C@H](O)C[C@@H]1O)COP(=O)(O)O. The molecule has 12 heteroatoms. The predicted octanol–water partition coefficient (Wildman–Crippen LogP) is 10.3. The lowest BCUT2D eigenvalue weighted by atomic mass is 9.89. The van der Waals surface area contributed by atoms with Crippen LogP contribution in [0.15, 0.2) is 24.3 Å². The summed E-state index contributed by atoms with van der Waals surface area (Å²) in [6, 6.07) is 0. The molecule has 0 unspecified atom stereocenters. The standard InChI is InChI=1S/C45H83O11P/c1-3-5-7-8-9-10-11-12-13-14-15-16-17-18-19-20-21-22-28-32-45(50)56-39(37-55-57(51,52)53)36-54-44(49)31-27-24-23-26-30-40-41(43(48)35-42(40)47)34-33-38(46)29-25-6-4-2/h23,26,33-34,38-43,46-48H,3-22,24-25,27-32,35-37H2,1-2H3,(H2,51,52,53)/b26-23+,34-33+/t38-,39+,40+,41+,42-,43+/m0/s1. The van der Waals surface area contributed by atoms with Gasteiger partial charge in [-0.15, -0.1) is 0 Å². The van der Waals surface area contributed by atoms with Crippen molar-refractivity contribution in [2.45, 2.75) is 224 Å². The fourth-order valence-corrected chi connectivity index (χ4v) is 7.91. The zero-order chi connectivity index (χ0) is 42.0. The molecule has 0 saturated heterocycles. The predicted molar refractivity (Wildman–Crippen MR) is 227 cm³/mol. The molecule has 1 fully saturated rings. The van der Waals surface area contributed by atoms with E-state index in [0.29, 0.717) is 38.5 Å². The van der Waals surface area contributed by atoms with E-state index in [-0.39, 0.29) is 31.3 Å². The Morgan fingerprint density at radius 2 is 1.18 bits per heavy atom. The van der Waals surface area contributed by atoms with E-state index in [1.165, 1.54) is 96.3 Å². The fraction of sp³-hybridized carbons (Fsp3) is 0.867. The number of ether oxygens (including phenoxy) is 2. The quantitative estimate of drug-likeness (QED) is 0.0173. The first-order valence-corrected chi connectivity index (χ1v) is 24.4. The van der Waals surface area contributed by atoms with E-state index in [4.69, 9.17) is 19.3 Å². The molecule has 0 aromatic carbocycles. The third kappa shape index (κ3) is 31.0. The van der Waals surface area contributed by atoms with Gasteiger partial charge in [0.15, 0.2) is 6.10 Å². The Balaban J connectivity index is 2.22. The minimum atomic E-state index is -4.81. The van der Waals surface area contributed by atoms with Crippen molar-refractivity contribution in [3.05, 3.63) is 24.3 Å². The molecule has 0 amide bonds. The molecule has 1 aliphatic carbocycles. The topological polar surface area (TPSA) is 180 Å². The fourth-order valence-electron chi connectivity index (χ4n) is 7.55. The van der Waals surface area contributed by atoms with Crippen molar-refractivity contribution >= 4 is 19.8 Å². The molecule has 57 heavy (non-hydrogen) atoms. The molecular formula is C45H83O11P. The third-order valence-electron chi connectivity index (χ3n) is 11.0. The molecule has 6 atom stereocenters. The Bertz CT molecular complexity index is 1090. The van der Waals surface area contributed by atoms with Crippen LogP contribution in [0.1, 0.15) is 200 Å². The molecule has 1 aliphatic rings. The molecule has 0 radical (unpaired) electrons. The summed E-state index contributed by atoms with van der Waals surface area (Å²) in [7, 11) is -4.81. The Hall–Kier alpha value is -1.59. The zero-order valence-electron chi connectivity index (χ0n) is 35.8. The van der Waals surface area contributed by atoms with Crippen LogP contribution in [0, 0.1) is 11.8 Å². The van der Waals surface area contributed by atoms with Crippen LogP contribution < -0.4 is 0 Å². The highest BCUT2D eigenvalue weighted by Crippen LogP contribution is 2.37. The van der Waals surface area contributed by atoms with Crippen LogP contribution in [0.2, 0.25) is 0 Å². The molecule has 0 aromatic heterocycles. The van der Waals surface area contributed by atoms with Crippen molar-refractivity contribution < 1.29 is 53.3 Å². The number of allylic oxidation sites excluding steroid dienone is 2. The van der Waals surface area contributed by atoms with Gasteiger partial charge in [0.1, 0.15) is 6.61 Å². The van der Waals surface area contributed by atoms with Crippen LogP contribution in [0.4, 0.5) is 0 Å². The normalized spacial score (nSPS) is 19.8. The Morgan fingerprint density at radius 1 is 0.667 bits per heavy atom. The number of esters is 2. The van der Waals surface area contributed by atoms with Crippen LogP contribution in [-0.4, -0.2) is 74.7 Å². The van der Waals surface area contributed by atoms with Gasteiger partial charge >= 0.3 is 19.8 Å². The molecule has 0 aliphatic heterocycles. The average molecular weight is 831 g/mol. The van der Waals surface area contributed by atoms with E-state index in [9.17, 15) is 29.5 Å². The Morgan fingerprint density at radius 3 is 1.72 bits per heavy atom. The lowest BCUT2D eigenvalue weighted by Gasteiger charge is -2.19. The second-order valence-corrected chi connectivity index (χ2v) is 17.6. The van der Waals surface area contributed by atoms with Crippen molar-refractivity contribution in [1.29, 1.82) is 0 Å². The lowest BCUT2D eigenvalue weighted by molar-refractivity contribution is -0.161. The van der Waals surface area contributed by atoms with Crippen molar-refractivity contribution in [3.63, 3.8) is 0 Å². The third-order valence-corrected chi connectivity index (χ3v) is 11.5. The number of rotatable bonds is 38. The summed E-state index contributed by atoms with van der Waals surface area (Å²) in [5.74, 6) is -1.47. The Kier molecular flexibility index (Phi) is 33.0. The molecule has 11 nitrogen and oxygen atoms in total. The van der Waals surface area contributed by atoms with Crippen LogP contribution in [0.25, 0.3) is 0 Å². The van der Waals surface area contributed by atoms with E-state index < -0.39 is 50.8 Å². The van der Waals surface area contributed by atoms with Gasteiger partial charge in [-0.3, -0.25) is 14.1 Å². The van der Waals surface area contributed by atoms with Gasteiger partial charge in [-0.1, -0.05) is 173 Å². The van der Waals surface area contributed by atoms with Gasteiger partial charge in [0.25, 0.3) is 0 Å². The summed E-state index contributed by atoms with van der Waals surface area (Å²) in [5.41, 5.74) is 0. The average Bonchev–Trinajstić information content (AvgIpc) is 3.44. The summed E-state index contributed by atoms with van der Waals surface area (Å²) in [6.07, 6.45) is 34.2. The van der Waals surface area contributed by atoms with Gasteiger partial charge in [-0.05, 0) is 38.0 Å². The van der Waals surface area contributed by atoms with Crippen molar-refractivity contribution in [2.24, 2.45) is 11.8 Å². The summed E-state index contributed by atoms with van der Waals surface area (Å²) in [6.45, 7) is 3.41. The van der Waals surface area contributed by atoms with Crippen LogP contribution in [-0.2, 0) is 28.2 Å². The molecule has 334 valence electrons. The number of aliphatic hydroxyl groups excluding tert-OH is 3. The van der Waals surface area contributed by atoms with Crippen LogP contribution in [0.5, 0.6) is 0 Å². The maximum atomic E-state index is 12.5.